The second-order valence-corrected chi connectivity index (χ2v) is 3.99. The molecule has 1 heterocycles. The van der Waals surface area contributed by atoms with Crippen LogP contribution in [0.25, 0.3) is 0 Å². The van der Waals surface area contributed by atoms with Crippen LogP contribution in [0.2, 0.25) is 5.02 Å². The molecule has 6 nitrogen and oxygen atoms in total. The highest BCUT2D eigenvalue weighted by Gasteiger charge is 2.15. The molecular weight excluding hydrogens is 256 g/mol. The summed E-state index contributed by atoms with van der Waals surface area (Å²) in [4.78, 5) is 19.0. The van der Waals surface area contributed by atoms with Gasteiger partial charge in [-0.15, -0.1) is 0 Å². The first-order valence-electron chi connectivity index (χ1n) is 5.19. The number of aliphatic imine (C=N–C) groups is 2. The van der Waals surface area contributed by atoms with Crippen LogP contribution in [-0.4, -0.2) is 30.7 Å². The van der Waals surface area contributed by atoms with Crippen molar-refractivity contribution in [2.45, 2.75) is 0 Å². The fourth-order valence-corrected chi connectivity index (χ4v) is 1.62. The summed E-state index contributed by atoms with van der Waals surface area (Å²) in [5.74, 6) is -0.217. The number of carbonyl (C=O) groups excluding carboxylic acids is 1. The number of primary amides is 1. The SMILES string of the molecule is NC(=O)C(N)=NC1=NCCOc2cc(Cl)ccc21. The summed E-state index contributed by atoms with van der Waals surface area (Å²) >= 11 is 5.88. The van der Waals surface area contributed by atoms with Crippen LogP contribution in [0, 0.1) is 0 Å². The number of nitrogens with zero attached hydrogens (tertiary/aromatic N) is 2. The van der Waals surface area contributed by atoms with Gasteiger partial charge in [-0.1, -0.05) is 11.6 Å². The summed E-state index contributed by atoms with van der Waals surface area (Å²) in [7, 11) is 0. The van der Waals surface area contributed by atoms with E-state index in [2.05, 4.69) is 9.98 Å². The van der Waals surface area contributed by atoms with Crippen molar-refractivity contribution in [2.75, 3.05) is 13.2 Å². The Kier molecular flexibility index (Phi) is 3.47. The first-order valence-corrected chi connectivity index (χ1v) is 5.57. The molecule has 0 fully saturated rings. The summed E-state index contributed by atoms with van der Waals surface area (Å²) in [6.45, 7) is 0.819. The minimum absolute atomic E-state index is 0.295. The maximum absolute atomic E-state index is 10.9. The Bertz CT molecular complexity index is 554. The van der Waals surface area contributed by atoms with Gasteiger partial charge in [-0.3, -0.25) is 9.79 Å². The van der Waals surface area contributed by atoms with E-state index >= 15 is 0 Å². The zero-order valence-electron chi connectivity index (χ0n) is 9.39. The lowest BCUT2D eigenvalue weighted by atomic mass is 10.2. The second-order valence-electron chi connectivity index (χ2n) is 3.56. The average molecular weight is 267 g/mol. The Balaban J connectivity index is 2.47. The molecule has 7 heteroatoms. The van der Waals surface area contributed by atoms with Crippen LogP contribution in [-0.2, 0) is 4.79 Å². The van der Waals surface area contributed by atoms with Crippen LogP contribution in [0.5, 0.6) is 5.75 Å². The molecular formula is C11H11ClN4O2. The van der Waals surface area contributed by atoms with Crippen LogP contribution >= 0.6 is 11.6 Å². The van der Waals surface area contributed by atoms with Gasteiger partial charge in [0.25, 0.3) is 5.91 Å². The Morgan fingerprint density at radius 3 is 2.94 bits per heavy atom. The largest absolute Gasteiger partial charge is 0.491 e. The maximum Gasteiger partial charge on any atom is 0.284 e. The number of carbonyl (C=O) groups is 1. The van der Waals surface area contributed by atoms with Gasteiger partial charge in [-0.05, 0) is 18.2 Å². The molecule has 18 heavy (non-hydrogen) atoms. The molecule has 94 valence electrons. The van der Waals surface area contributed by atoms with Crippen molar-refractivity contribution in [1.82, 2.24) is 0 Å². The van der Waals surface area contributed by atoms with E-state index in [1.165, 1.54) is 0 Å². The number of amidine groups is 2. The van der Waals surface area contributed by atoms with E-state index in [-0.39, 0.29) is 5.84 Å². The Labute approximate surface area is 108 Å². The maximum atomic E-state index is 10.9. The lowest BCUT2D eigenvalue weighted by Crippen LogP contribution is -2.31. The summed E-state index contributed by atoms with van der Waals surface area (Å²) < 4.78 is 5.48. The number of ether oxygens (including phenoxy) is 1. The summed E-state index contributed by atoms with van der Waals surface area (Å²) in [5.41, 5.74) is 11.1. The number of hydrogen-bond acceptors (Lipinski definition) is 4. The molecule has 0 radical (unpaired) electrons. The molecule has 0 spiro atoms. The third kappa shape index (κ3) is 2.60. The lowest BCUT2D eigenvalue weighted by Gasteiger charge is -2.07. The highest BCUT2D eigenvalue weighted by molar-refractivity contribution is 6.39. The number of benzene rings is 1. The second kappa shape index (κ2) is 5.05. The number of halogens is 1. The fourth-order valence-electron chi connectivity index (χ4n) is 1.46. The zero-order chi connectivity index (χ0) is 13.1. The van der Waals surface area contributed by atoms with Gasteiger partial charge in [0.15, 0.2) is 11.7 Å². The highest BCUT2D eigenvalue weighted by Crippen LogP contribution is 2.26. The molecule has 4 N–H and O–H groups in total. The summed E-state index contributed by atoms with van der Waals surface area (Å²) in [6.07, 6.45) is 0. The quantitative estimate of drug-likeness (QED) is 0.522. The molecule has 1 aliphatic rings. The molecule has 0 atom stereocenters. The van der Waals surface area contributed by atoms with Crippen molar-refractivity contribution >= 4 is 29.2 Å². The molecule has 2 rings (SSSR count). The molecule has 0 unspecified atom stereocenters. The predicted octanol–water partition coefficient (Wildman–Crippen LogP) is 0.321. The molecule has 0 aliphatic carbocycles. The molecule has 0 bridgehead atoms. The van der Waals surface area contributed by atoms with Gasteiger partial charge < -0.3 is 16.2 Å². The number of amides is 1. The van der Waals surface area contributed by atoms with Crippen LogP contribution < -0.4 is 16.2 Å². The van der Waals surface area contributed by atoms with E-state index in [1.807, 2.05) is 0 Å². The van der Waals surface area contributed by atoms with Gasteiger partial charge in [-0.25, -0.2) is 4.99 Å². The predicted molar refractivity (Wildman–Crippen MR) is 69.2 cm³/mol. The smallest absolute Gasteiger partial charge is 0.284 e. The molecule has 1 amide bonds. The highest BCUT2D eigenvalue weighted by atomic mass is 35.5. The van der Waals surface area contributed by atoms with Gasteiger partial charge in [0, 0.05) is 5.02 Å². The van der Waals surface area contributed by atoms with Crippen molar-refractivity contribution < 1.29 is 9.53 Å². The summed E-state index contributed by atoms with van der Waals surface area (Å²) in [6, 6.07) is 5.05. The number of fused-ring (bicyclic) bond motifs is 1. The zero-order valence-corrected chi connectivity index (χ0v) is 10.1. The third-order valence-electron chi connectivity index (χ3n) is 2.27. The minimum Gasteiger partial charge on any atom is -0.491 e. The van der Waals surface area contributed by atoms with Gasteiger partial charge in [0.2, 0.25) is 0 Å². The molecule has 1 aromatic carbocycles. The van der Waals surface area contributed by atoms with E-state index in [0.29, 0.717) is 35.3 Å². The van der Waals surface area contributed by atoms with Crippen molar-refractivity contribution in [2.24, 2.45) is 21.5 Å². The van der Waals surface area contributed by atoms with E-state index in [1.54, 1.807) is 18.2 Å². The standard InChI is InChI=1S/C11H11ClN4O2/c12-6-1-2-7-8(5-6)18-4-3-15-11(7)16-9(13)10(14)17/h1-2,5H,3-4H2,(H2,14,17)(H2,13,15,16). The van der Waals surface area contributed by atoms with Crippen LogP contribution in [0.15, 0.2) is 28.2 Å². The van der Waals surface area contributed by atoms with Crippen molar-refractivity contribution in [3.8, 4) is 5.75 Å². The number of hydrogen-bond donors (Lipinski definition) is 2. The third-order valence-corrected chi connectivity index (χ3v) is 2.51. The van der Waals surface area contributed by atoms with Gasteiger partial charge in [-0.2, -0.15) is 0 Å². The topological polar surface area (TPSA) is 103 Å². The number of nitrogens with two attached hydrogens (primary N) is 2. The molecule has 0 saturated heterocycles. The van der Waals surface area contributed by atoms with Crippen molar-refractivity contribution in [3.63, 3.8) is 0 Å². The fraction of sp³-hybridized carbons (Fsp3) is 0.182. The van der Waals surface area contributed by atoms with Gasteiger partial charge in [0.05, 0.1) is 12.1 Å². The molecule has 1 aromatic rings. The van der Waals surface area contributed by atoms with Crippen molar-refractivity contribution in [3.05, 3.63) is 28.8 Å². The van der Waals surface area contributed by atoms with E-state index in [9.17, 15) is 4.79 Å². The van der Waals surface area contributed by atoms with Crippen LogP contribution in [0.1, 0.15) is 5.56 Å². The average Bonchev–Trinajstić information content (AvgIpc) is 2.51. The first-order chi connectivity index (χ1) is 8.58. The normalized spacial score (nSPS) is 15.2. The van der Waals surface area contributed by atoms with Gasteiger partial charge >= 0.3 is 0 Å². The Hall–Kier alpha value is -2.08. The Morgan fingerprint density at radius 2 is 2.22 bits per heavy atom. The van der Waals surface area contributed by atoms with E-state index < -0.39 is 5.91 Å². The summed E-state index contributed by atoms with van der Waals surface area (Å²) in [5, 5.41) is 0.543. The minimum atomic E-state index is -0.793. The monoisotopic (exact) mass is 266 g/mol. The van der Waals surface area contributed by atoms with Gasteiger partial charge in [0.1, 0.15) is 12.4 Å². The Morgan fingerprint density at radius 1 is 1.44 bits per heavy atom. The molecule has 1 aliphatic heterocycles. The first kappa shape index (κ1) is 12.4. The van der Waals surface area contributed by atoms with E-state index in [0.717, 1.165) is 0 Å². The number of rotatable bonds is 0. The lowest BCUT2D eigenvalue weighted by molar-refractivity contribution is -0.112. The van der Waals surface area contributed by atoms with Crippen molar-refractivity contribution in [1.29, 1.82) is 0 Å². The van der Waals surface area contributed by atoms with Crippen LogP contribution in [0.3, 0.4) is 0 Å². The van der Waals surface area contributed by atoms with Crippen LogP contribution in [0.4, 0.5) is 0 Å². The molecule has 0 aromatic heterocycles. The van der Waals surface area contributed by atoms with E-state index in [4.69, 9.17) is 27.8 Å². The molecule has 0 saturated carbocycles.